The third-order valence-corrected chi connectivity index (χ3v) is 4.81. The van der Waals surface area contributed by atoms with Crippen LogP contribution in [-0.4, -0.2) is 19.8 Å². The van der Waals surface area contributed by atoms with Crippen molar-refractivity contribution in [1.82, 2.24) is 0 Å². The molecule has 3 nitrogen and oxygen atoms in total. The fraction of sp³-hybridized carbons (Fsp3) is 0.647. The van der Waals surface area contributed by atoms with Crippen LogP contribution in [0, 0.1) is 0 Å². The van der Waals surface area contributed by atoms with E-state index in [0.717, 1.165) is 37.7 Å². The highest BCUT2D eigenvalue weighted by Gasteiger charge is 2.40. The van der Waals surface area contributed by atoms with Gasteiger partial charge < -0.3 is 15.2 Å². The zero-order valence-electron chi connectivity index (χ0n) is 12.6. The summed E-state index contributed by atoms with van der Waals surface area (Å²) in [5.74, 6) is 2.29. The summed E-state index contributed by atoms with van der Waals surface area (Å²) >= 11 is 0. The van der Waals surface area contributed by atoms with Gasteiger partial charge in [-0.3, -0.25) is 0 Å². The molecule has 0 radical (unpaired) electrons. The van der Waals surface area contributed by atoms with Gasteiger partial charge in [0.1, 0.15) is 0 Å². The molecular weight excluding hydrogens is 250 g/mol. The number of ether oxygens (including phenoxy) is 2. The van der Waals surface area contributed by atoms with Gasteiger partial charge >= 0.3 is 0 Å². The van der Waals surface area contributed by atoms with Gasteiger partial charge in [-0.05, 0) is 42.0 Å². The second-order valence-corrected chi connectivity index (χ2v) is 6.43. The van der Waals surface area contributed by atoms with Crippen molar-refractivity contribution in [1.29, 1.82) is 0 Å². The maximum absolute atomic E-state index is 6.10. The Bertz CT molecular complexity index is 486. The molecule has 3 heteroatoms. The molecule has 0 aromatic heterocycles. The van der Waals surface area contributed by atoms with Gasteiger partial charge in [-0.1, -0.05) is 20.3 Å². The van der Waals surface area contributed by atoms with Crippen molar-refractivity contribution in [3.63, 3.8) is 0 Å². The van der Waals surface area contributed by atoms with Crippen molar-refractivity contribution >= 4 is 0 Å². The average Bonchev–Trinajstić information content (AvgIpc) is 2.61. The van der Waals surface area contributed by atoms with Crippen LogP contribution in [0.25, 0.3) is 0 Å². The first kappa shape index (κ1) is 13.7. The Balaban J connectivity index is 2.09. The monoisotopic (exact) mass is 275 g/mol. The molecule has 0 amide bonds. The largest absolute Gasteiger partial charge is 0.490 e. The number of rotatable bonds is 3. The highest BCUT2D eigenvalue weighted by molar-refractivity contribution is 5.52. The van der Waals surface area contributed by atoms with Crippen molar-refractivity contribution in [3.8, 4) is 11.5 Å². The summed E-state index contributed by atoms with van der Waals surface area (Å²) in [6.45, 7) is 6.69. The zero-order valence-corrected chi connectivity index (χ0v) is 12.6. The van der Waals surface area contributed by atoms with Gasteiger partial charge in [-0.2, -0.15) is 0 Å². The van der Waals surface area contributed by atoms with E-state index >= 15 is 0 Å². The lowest BCUT2D eigenvalue weighted by atomic mass is 9.62. The lowest BCUT2D eigenvalue weighted by molar-refractivity contribution is 0.248. The Morgan fingerprint density at radius 2 is 1.75 bits per heavy atom. The van der Waals surface area contributed by atoms with E-state index in [9.17, 15) is 0 Å². The molecule has 1 saturated carbocycles. The second-order valence-electron chi connectivity index (χ2n) is 6.43. The van der Waals surface area contributed by atoms with Crippen molar-refractivity contribution in [2.75, 3.05) is 19.8 Å². The van der Waals surface area contributed by atoms with Gasteiger partial charge in [0.25, 0.3) is 0 Å². The van der Waals surface area contributed by atoms with Crippen LogP contribution in [-0.2, 0) is 5.41 Å². The Morgan fingerprint density at radius 3 is 2.25 bits per heavy atom. The molecule has 1 aromatic carbocycles. The summed E-state index contributed by atoms with van der Waals surface area (Å²) in [6.07, 6.45) is 4.62. The molecule has 3 rings (SSSR count). The molecule has 110 valence electrons. The van der Waals surface area contributed by atoms with Crippen molar-refractivity contribution in [2.45, 2.75) is 50.9 Å². The molecule has 0 unspecified atom stereocenters. The molecule has 0 bridgehead atoms. The first-order valence-corrected chi connectivity index (χ1v) is 7.80. The molecular formula is C17H25NO2. The van der Waals surface area contributed by atoms with Gasteiger partial charge in [-0.15, -0.1) is 0 Å². The maximum atomic E-state index is 6.10. The van der Waals surface area contributed by atoms with Gasteiger partial charge in [-0.25, -0.2) is 0 Å². The third kappa shape index (κ3) is 2.18. The Hall–Kier alpha value is -1.22. The van der Waals surface area contributed by atoms with E-state index in [1.165, 1.54) is 30.4 Å². The highest BCUT2D eigenvalue weighted by Crippen LogP contribution is 2.48. The fourth-order valence-corrected chi connectivity index (χ4v) is 3.35. The minimum absolute atomic E-state index is 0.171. The van der Waals surface area contributed by atoms with Crippen LogP contribution in [0.2, 0.25) is 0 Å². The smallest absolute Gasteiger partial charge is 0.161 e. The molecule has 20 heavy (non-hydrogen) atoms. The van der Waals surface area contributed by atoms with Gasteiger partial charge in [0, 0.05) is 18.4 Å². The van der Waals surface area contributed by atoms with Crippen molar-refractivity contribution < 1.29 is 9.47 Å². The maximum Gasteiger partial charge on any atom is 0.161 e. The van der Waals surface area contributed by atoms with Crippen LogP contribution in [0.5, 0.6) is 11.5 Å². The molecule has 1 aliphatic carbocycles. The predicted octanol–water partition coefficient (Wildman–Crippen LogP) is 3.35. The van der Waals surface area contributed by atoms with E-state index in [2.05, 4.69) is 26.0 Å². The van der Waals surface area contributed by atoms with Crippen LogP contribution in [0.1, 0.15) is 56.6 Å². The van der Waals surface area contributed by atoms with Crippen LogP contribution in [0.3, 0.4) is 0 Å². The van der Waals surface area contributed by atoms with Gasteiger partial charge in [0.15, 0.2) is 11.5 Å². The zero-order chi connectivity index (χ0) is 14.2. The van der Waals surface area contributed by atoms with Crippen LogP contribution in [0.15, 0.2) is 12.1 Å². The second kappa shape index (κ2) is 5.28. The summed E-state index contributed by atoms with van der Waals surface area (Å²) in [7, 11) is 0. The number of hydrogen-bond acceptors (Lipinski definition) is 3. The van der Waals surface area contributed by atoms with Crippen molar-refractivity contribution in [3.05, 3.63) is 23.3 Å². The number of benzene rings is 1. The van der Waals surface area contributed by atoms with Crippen LogP contribution >= 0.6 is 0 Å². The van der Waals surface area contributed by atoms with E-state index in [1.807, 2.05) is 0 Å². The first-order valence-electron chi connectivity index (χ1n) is 7.80. The first-order chi connectivity index (χ1) is 9.66. The minimum atomic E-state index is 0.171. The predicted molar refractivity (Wildman–Crippen MR) is 80.7 cm³/mol. The Labute approximate surface area is 121 Å². The van der Waals surface area contributed by atoms with E-state index in [4.69, 9.17) is 15.2 Å². The van der Waals surface area contributed by atoms with Crippen molar-refractivity contribution in [2.24, 2.45) is 5.73 Å². The highest BCUT2D eigenvalue weighted by atomic mass is 16.5. The molecule has 2 N–H and O–H groups in total. The van der Waals surface area contributed by atoms with E-state index in [0.29, 0.717) is 5.92 Å². The SMILES string of the molecule is CC(C)c1cc2c(cc1C1(CN)CCC1)OCCCO2. The summed E-state index contributed by atoms with van der Waals surface area (Å²) < 4.78 is 11.7. The molecule has 0 spiro atoms. The summed E-state index contributed by atoms with van der Waals surface area (Å²) in [6, 6.07) is 4.40. The minimum Gasteiger partial charge on any atom is -0.490 e. The van der Waals surface area contributed by atoms with Crippen LogP contribution < -0.4 is 15.2 Å². The normalized spacial score (nSPS) is 20.4. The molecule has 1 fully saturated rings. The molecule has 2 aliphatic rings. The van der Waals surface area contributed by atoms with Gasteiger partial charge in [0.2, 0.25) is 0 Å². The quantitative estimate of drug-likeness (QED) is 0.920. The molecule has 0 saturated heterocycles. The lowest BCUT2D eigenvalue weighted by Crippen LogP contribution is -2.42. The molecule has 1 heterocycles. The lowest BCUT2D eigenvalue weighted by Gasteiger charge is -2.43. The van der Waals surface area contributed by atoms with Crippen LogP contribution in [0.4, 0.5) is 0 Å². The molecule has 0 atom stereocenters. The van der Waals surface area contributed by atoms with E-state index in [1.54, 1.807) is 0 Å². The van der Waals surface area contributed by atoms with Gasteiger partial charge in [0.05, 0.1) is 13.2 Å². The summed E-state index contributed by atoms with van der Waals surface area (Å²) in [5.41, 5.74) is 9.04. The fourth-order valence-electron chi connectivity index (χ4n) is 3.35. The number of nitrogens with two attached hydrogens (primary N) is 1. The Kier molecular flexibility index (Phi) is 3.63. The molecule has 1 aromatic rings. The summed E-state index contributed by atoms with van der Waals surface area (Å²) in [5, 5.41) is 0. The Morgan fingerprint density at radius 1 is 1.10 bits per heavy atom. The topological polar surface area (TPSA) is 44.5 Å². The third-order valence-electron chi connectivity index (χ3n) is 4.81. The number of fused-ring (bicyclic) bond motifs is 1. The van der Waals surface area contributed by atoms with E-state index < -0.39 is 0 Å². The number of hydrogen-bond donors (Lipinski definition) is 1. The van der Waals surface area contributed by atoms with E-state index in [-0.39, 0.29) is 5.41 Å². The average molecular weight is 275 g/mol. The molecule has 1 aliphatic heterocycles. The standard InChI is InChI=1S/C17H25NO2/c1-12(2)13-9-15-16(20-8-4-7-19-15)10-14(13)17(11-18)5-3-6-17/h9-10,12H,3-8,11,18H2,1-2H3. The summed E-state index contributed by atoms with van der Waals surface area (Å²) in [4.78, 5) is 0.